The SMILES string of the molecule is CCCn1nc(CCNC(=O)C(C)Oc2cccc(Cl)c2)c2c1CCOC2. The Morgan fingerprint density at radius 3 is 3.11 bits per heavy atom. The fourth-order valence-electron chi connectivity index (χ4n) is 3.22. The molecule has 7 heteroatoms. The third-order valence-corrected chi connectivity index (χ3v) is 4.79. The van der Waals surface area contributed by atoms with Crippen molar-refractivity contribution in [1.29, 1.82) is 0 Å². The van der Waals surface area contributed by atoms with Gasteiger partial charge in [-0.2, -0.15) is 5.10 Å². The molecule has 146 valence electrons. The van der Waals surface area contributed by atoms with Crippen molar-refractivity contribution < 1.29 is 14.3 Å². The molecule has 27 heavy (non-hydrogen) atoms. The molecule has 3 rings (SSSR count). The van der Waals surface area contributed by atoms with E-state index < -0.39 is 6.10 Å². The van der Waals surface area contributed by atoms with Gasteiger partial charge in [-0.15, -0.1) is 0 Å². The van der Waals surface area contributed by atoms with E-state index in [-0.39, 0.29) is 5.91 Å². The van der Waals surface area contributed by atoms with Gasteiger partial charge in [0, 0.05) is 42.2 Å². The molecule has 1 N–H and O–H groups in total. The molecular formula is C20H26ClN3O3. The lowest BCUT2D eigenvalue weighted by Crippen LogP contribution is -2.37. The minimum atomic E-state index is -0.599. The van der Waals surface area contributed by atoms with Crippen LogP contribution in [0.25, 0.3) is 0 Å². The molecule has 6 nitrogen and oxygen atoms in total. The summed E-state index contributed by atoms with van der Waals surface area (Å²) in [6.07, 6.45) is 2.03. The highest BCUT2D eigenvalue weighted by Crippen LogP contribution is 2.22. The Hall–Kier alpha value is -2.05. The van der Waals surface area contributed by atoms with Gasteiger partial charge in [-0.05, 0) is 31.5 Å². The zero-order chi connectivity index (χ0) is 19.2. The van der Waals surface area contributed by atoms with Crippen LogP contribution in [0, 0.1) is 0 Å². The van der Waals surface area contributed by atoms with Crippen molar-refractivity contribution in [3.63, 3.8) is 0 Å². The predicted molar refractivity (Wildman–Crippen MR) is 104 cm³/mol. The van der Waals surface area contributed by atoms with Crippen LogP contribution in [0.3, 0.4) is 0 Å². The molecule has 0 bridgehead atoms. The van der Waals surface area contributed by atoms with Crippen LogP contribution in [-0.2, 0) is 35.5 Å². The largest absolute Gasteiger partial charge is 0.481 e. The van der Waals surface area contributed by atoms with Crippen molar-refractivity contribution in [2.75, 3.05) is 13.2 Å². The Balaban J connectivity index is 1.54. The summed E-state index contributed by atoms with van der Waals surface area (Å²) in [7, 11) is 0. The second-order valence-corrected chi connectivity index (χ2v) is 7.09. The number of halogens is 1. The second kappa shape index (κ2) is 9.24. The molecule has 1 aliphatic heterocycles. The number of hydrogen-bond acceptors (Lipinski definition) is 4. The number of carbonyl (C=O) groups is 1. The summed E-state index contributed by atoms with van der Waals surface area (Å²) >= 11 is 5.94. The molecule has 0 fully saturated rings. The van der Waals surface area contributed by atoms with E-state index in [4.69, 9.17) is 26.2 Å². The first-order chi connectivity index (χ1) is 13.1. The van der Waals surface area contributed by atoms with E-state index in [0.717, 1.165) is 31.7 Å². The van der Waals surface area contributed by atoms with Gasteiger partial charge < -0.3 is 14.8 Å². The maximum absolute atomic E-state index is 12.3. The molecular weight excluding hydrogens is 366 g/mol. The quantitative estimate of drug-likeness (QED) is 0.750. The standard InChI is InChI=1S/C20H26ClN3O3/c1-3-10-24-19-8-11-26-13-17(19)18(23-24)7-9-22-20(25)14(2)27-16-6-4-5-15(21)12-16/h4-6,12,14H,3,7-11,13H2,1-2H3,(H,22,25). The normalized spacial score (nSPS) is 14.5. The van der Waals surface area contributed by atoms with Crippen LogP contribution in [0.2, 0.25) is 5.02 Å². The van der Waals surface area contributed by atoms with Gasteiger partial charge in [0.1, 0.15) is 5.75 Å². The monoisotopic (exact) mass is 391 g/mol. The first-order valence-electron chi connectivity index (χ1n) is 9.43. The van der Waals surface area contributed by atoms with Crippen LogP contribution in [-0.4, -0.2) is 34.9 Å². The van der Waals surface area contributed by atoms with Crippen LogP contribution >= 0.6 is 11.6 Å². The number of rotatable bonds is 8. The molecule has 2 heterocycles. The number of fused-ring (bicyclic) bond motifs is 1. The molecule has 1 amide bonds. The molecule has 0 aliphatic carbocycles. The lowest BCUT2D eigenvalue weighted by Gasteiger charge is -2.16. The molecule has 0 saturated carbocycles. The molecule has 1 aromatic heterocycles. The molecule has 1 atom stereocenters. The highest BCUT2D eigenvalue weighted by atomic mass is 35.5. The molecule has 0 radical (unpaired) electrons. The van der Waals surface area contributed by atoms with Gasteiger partial charge in [0.25, 0.3) is 5.91 Å². The zero-order valence-electron chi connectivity index (χ0n) is 15.8. The minimum Gasteiger partial charge on any atom is -0.481 e. The number of carbonyl (C=O) groups excluding carboxylic acids is 1. The lowest BCUT2D eigenvalue weighted by molar-refractivity contribution is -0.127. The van der Waals surface area contributed by atoms with Crippen molar-refractivity contribution in [2.24, 2.45) is 0 Å². The predicted octanol–water partition coefficient (Wildman–Crippen LogP) is 3.15. The zero-order valence-corrected chi connectivity index (χ0v) is 16.6. The average Bonchev–Trinajstić information content (AvgIpc) is 3.00. The number of aromatic nitrogens is 2. The van der Waals surface area contributed by atoms with E-state index in [2.05, 4.69) is 16.9 Å². The summed E-state index contributed by atoms with van der Waals surface area (Å²) in [4.78, 5) is 12.3. The molecule has 1 aromatic carbocycles. The first kappa shape index (κ1) is 19.7. The van der Waals surface area contributed by atoms with Crippen molar-refractivity contribution in [3.8, 4) is 5.75 Å². The van der Waals surface area contributed by atoms with Gasteiger partial charge in [-0.1, -0.05) is 24.6 Å². The fraction of sp³-hybridized carbons (Fsp3) is 0.500. The molecule has 1 unspecified atom stereocenters. The van der Waals surface area contributed by atoms with Gasteiger partial charge in [-0.3, -0.25) is 9.48 Å². The van der Waals surface area contributed by atoms with E-state index in [0.29, 0.717) is 30.3 Å². The van der Waals surface area contributed by atoms with Crippen LogP contribution < -0.4 is 10.1 Å². The van der Waals surface area contributed by atoms with Gasteiger partial charge in [0.05, 0.1) is 18.9 Å². The van der Waals surface area contributed by atoms with E-state index in [1.54, 1.807) is 31.2 Å². The second-order valence-electron chi connectivity index (χ2n) is 6.66. The van der Waals surface area contributed by atoms with Gasteiger partial charge >= 0.3 is 0 Å². The van der Waals surface area contributed by atoms with E-state index in [1.807, 2.05) is 0 Å². The lowest BCUT2D eigenvalue weighted by atomic mass is 10.1. The van der Waals surface area contributed by atoms with Crippen LogP contribution in [0.1, 0.15) is 37.2 Å². The van der Waals surface area contributed by atoms with Crippen molar-refractivity contribution in [3.05, 3.63) is 46.2 Å². The number of nitrogens with one attached hydrogen (secondary N) is 1. The Morgan fingerprint density at radius 1 is 1.48 bits per heavy atom. The fourth-order valence-corrected chi connectivity index (χ4v) is 3.40. The average molecular weight is 392 g/mol. The third kappa shape index (κ3) is 5.02. The Morgan fingerprint density at radius 2 is 2.33 bits per heavy atom. The maximum atomic E-state index is 12.3. The van der Waals surface area contributed by atoms with E-state index in [9.17, 15) is 4.79 Å². The van der Waals surface area contributed by atoms with Gasteiger partial charge in [0.2, 0.25) is 0 Å². The topological polar surface area (TPSA) is 65.4 Å². The summed E-state index contributed by atoms with van der Waals surface area (Å²) in [5.41, 5.74) is 3.48. The van der Waals surface area contributed by atoms with E-state index in [1.165, 1.54) is 11.3 Å². The Labute approximate surface area is 164 Å². The van der Waals surface area contributed by atoms with Crippen molar-refractivity contribution >= 4 is 17.5 Å². The summed E-state index contributed by atoms with van der Waals surface area (Å²) in [5.74, 6) is 0.419. The number of amides is 1. The summed E-state index contributed by atoms with van der Waals surface area (Å²) in [6.45, 7) is 6.65. The van der Waals surface area contributed by atoms with Crippen LogP contribution in [0.15, 0.2) is 24.3 Å². The number of nitrogens with zero attached hydrogens (tertiary/aromatic N) is 2. The number of hydrogen-bond donors (Lipinski definition) is 1. The number of benzene rings is 1. The highest BCUT2D eigenvalue weighted by molar-refractivity contribution is 6.30. The minimum absolute atomic E-state index is 0.159. The Bertz CT molecular complexity index is 791. The summed E-state index contributed by atoms with van der Waals surface area (Å²) < 4.78 is 13.3. The third-order valence-electron chi connectivity index (χ3n) is 4.55. The first-order valence-corrected chi connectivity index (χ1v) is 9.81. The van der Waals surface area contributed by atoms with E-state index >= 15 is 0 Å². The van der Waals surface area contributed by atoms with Crippen molar-refractivity contribution in [1.82, 2.24) is 15.1 Å². The summed E-state index contributed by atoms with van der Waals surface area (Å²) in [6, 6.07) is 7.03. The molecule has 1 aliphatic rings. The molecule has 0 spiro atoms. The van der Waals surface area contributed by atoms with Crippen LogP contribution in [0.5, 0.6) is 5.75 Å². The summed E-state index contributed by atoms with van der Waals surface area (Å²) in [5, 5.41) is 8.25. The smallest absolute Gasteiger partial charge is 0.260 e. The van der Waals surface area contributed by atoms with Gasteiger partial charge in [0.15, 0.2) is 6.10 Å². The molecule has 0 saturated heterocycles. The maximum Gasteiger partial charge on any atom is 0.260 e. The van der Waals surface area contributed by atoms with Crippen molar-refractivity contribution in [2.45, 2.75) is 52.4 Å². The van der Waals surface area contributed by atoms with Crippen LogP contribution in [0.4, 0.5) is 0 Å². The highest BCUT2D eigenvalue weighted by Gasteiger charge is 2.21. The van der Waals surface area contributed by atoms with Gasteiger partial charge in [-0.25, -0.2) is 0 Å². The molecule has 2 aromatic rings. The number of ether oxygens (including phenoxy) is 2. The Kier molecular flexibility index (Phi) is 6.74. The number of aryl methyl sites for hydroxylation is 1.